The van der Waals surface area contributed by atoms with Crippen molar-refractivity contribution in [2.75, 3.05) is 34.9 Å². The van der Waals surface area contributed by atoms with Crippen LogP contribution in [0.2, 0.25) is 0 Å². The molecule has 1 amide bonds. The molecular weight excluding hydrogens is 186 g/mol. The fourth-order valence-corrected chi connectivity index (χ4v) is 1.22. The van der Waals surface area contributed by atoms with Crippen molar-refractivity contribution >= 4 is 11.9 Å². The summed E-state index contributed by atoms with van der Waals surface area (Å²) in [6.07, 6.45) is 0. The summed E-state index contributed by atoms with van der Waals surface area (Å²) < 4.78 is 9.43. The van der Waals surface area contributed by atoms with E-state index in [1.165, 1.54) is 26.0 Å². The number of nitrogens with zero attached hydrogens (tertiary/aromatic N) is 1. The van der Waals surface area contributed by atoms with E-state index >= 15 is 0 Å². The summed E-state index contributed by atoms with van der Waals surface area (Å²) >= 11 is 0. The Morgan fingerprint density at radius 2 is 1.79 bits per heavy atom. The third-order valence-corrected chi connectivity index (χ3v) is 1.95. The monoisotopic (exact) mass is 203 g/mol. The molecule has 14 heavy (non-hydrogen) atoms. The summed E-state index contributed by atoms with van der Waals surface area (Å²) in [5, 5.41) is 0. The summed E-state index contributed by atoms with van der Waals surface area (Å²) in [6.45, 7) is 1.52. The second-order valence-electron chi connectivity index (χ2n) is 3.46. The summed E-state index contributed by atoms with van der Waals surface area (Å²) in [6, 6.07) is 0. The van der Waals surface area contributed by atoms with Crippen LogP contribution in [-0.2, 0) is 19.1 Å². The van der Waals surface area contributed by atoms with Crippen LogP contribution in [-0.4, -0.2) is 51.7 Å². The van der Waals surface area contributed by atoms with Crippen molar-refractivity contribution < 1.29 is 19.1 Å². The van der Waals surface area contributed by atoms with E-state index in [2.05, 4.69) is 4.74 Å². The molecule has 0 saturated heterocycles. The Hall–Kier alpha value is -1.10. The number of ether oxygens (including phenoxy) is 2. The van der Waals surface area contributed by atoms with Gasteiger partial charge in [-0.1, -0.05) is 0 Å². The minimum Gasteiger partial charge on any atom is -0.468 e. The molecular formula is C9H17NO4. The third-order valence-electron chi connectivity index (χ3n) is 1.95. The molecule has 0 heterocycles. The molecule has 0 spiro atoms. The highest BCUT2D eigenvalue weighted by Gasteiger charge is 2.43. The summed E-state index contributed by atoms with van der Waals surface area (Å²) in [7, 11) is 5.85. The molecule has 82 valence electrons. The van der Waals surface area contributed by atoms with Gasteiger partial charge >= 0.3 is 5.97 Å². The van der Waals surface area contributed by atoms with Gasteiger partial charge in [0.1, 0.15) is 0 Å². The number of hydrogen-bond donors (Lipinski definition) is 0. The van der Waals surface area contributed by atoms with E-state index in [-0.39, 0.29) is 12.5 Å². The first-order chi connectivity index (χ1) is 6.40. The number of esters is 1. The van der Waals surface area contributed by atoms with Gasteiger partial charge in [0.05, 0.1) is 13.7 Å². The predicted molar refractivity (Wildman–Crippen MR) is 50.7 cm³/mol. The van der Waals surface area contributed by atoms with Gasteiger partial charge in [0.15, 0.2) is 5.41 Å². The van der Waals surface area contributed by atoms with Crippen LogP contribution in [0.3, 0.4) is 0 Å². The molecule has 0 aromatic heterocycles. The zero-order valence-electron chi connectivity index (χ0n) is 9.29. The SMILES string of the molecule is COCC(C)(C(=O)OC)C(=O)N(C)C. The average molecular weight is 203 g/mol. The van der Waals surface area contributed by atoms with Crippen LogP contribution < -0.4 is 0 Å². The van der Waals surface area contributed by atoms with Crippen molar-refractivity contribution in [3.8, 4) is 0 Å². The molecule has 0 bridgehead atoms. The lowest BCUT2D eigenvalue weighted by Crippen LogP contribution is -2.47. The number of methoxy groups -OCH3 is 2. The Labute approximate surface area is 84.0 Å². The molecule has 1 unspecified atom stereocenters. The highest BCUT2D eigenvalue weighted by Crippen LogP contribution is 2.21. The lowest BCUT2D eigenvalue weighted by atomic mass is 9.90. The highest BCUT2D eigenvalue weighted by molar-refractivity contribution is 6.02. The molecule has 0 saturated carbocycles. The van der Waals surface area contributed by atoms with Crippen molar-refractivity contribution in [3.05, 3.63) is 0 Å². The van der Waals surface area contributed by atoms with Crippen molar-refractivity contribution in [2.45, 2.75) is 6.92 Å². The Morgan fingerprint density at radius 1 is 1.29 bits per heavy atom. The normalized spacial score (nSPS) is 14.4. The van der Waals surface area contributed by atoms with Gasteiger partial charge in [-0.05, 0) is 6.92 Å². The lowest BCUT2D eigenvalue weighted by Gasteiger charge is -2.27. The molecule has 0 fully saturated rings. The predicted octanol–water partition coefficient (Wildman–Crippen LogP) is -0.0997. The van der Waals surface area contributed by atoms with Gasteiger partial charge < -0.3 is 14.4 Å². The molecule has 0 aliphatic rings. The maximum atomic E-state index is 11.7. The number of hydrogen-bond acceptors (Lipinski definition) is 4. The van der Waals surface area contributed by atoms with Crippen LogP contribution in [0, 0.1) is 5.41 Å². The number of amides is 1. The quantitative estimate of drug-likeness (QED) is 0.473. The van der Waals surface area contributed by atoms with E-state index in [1.54, 1.807) is 14.1 Å². The van der Waals surface area contributed by atoms with Crippen LogP contribution in [0.15, 0.2) is 0 Å². The Kier molecular flexibility index (Phi) is 4.56. The summed E-state index contributed by atoms with van der Waals surface area (Å²) in [4.78, 5) is 24.5. The van der Waals surface area contributed by atoms with Gasteiger partial charge in [-0.3, -0.25) is 9.59 Å². The molecule has 0 N–H and O–H groups in total. The topological polar surface area (TPSA) is 55.8 Å². The Morgan fingerprint density at radius 3 is 2.07 bits per heavy atom. The van der Waals surface area contributed by atoms with Crippen molar-refractivity contribution in [2.24, 2.45) is 5.41 Å². The fourth-order valence-electron chi connectivity index (χ4n) is 1.22. The maximum absolute atomic E-state index is 11.7. The van der Waals surface area contributed by atoms with E-state index in [9.17, 15) is 9.59 Å². The fraction of sp³-hybridized carbons (Fsp3) is 0.778. The standard InChI is InChI=1S/C9H17NO4/c1-9(6-13-4,8(12)14-5)7(11)10(2)3/h6H2,1-5H3. The molecule has 0 aromatic rings. The van der Waals surface area contributed by atoms with Gasteiger partial charge in [0.2, 0.25) is 5.91 Å². The number of carbonyl (C=O) groups is 2. The van der Waals surface area contributed by atoms with Gasteiger partial charge in [-0.2, -0.15) is 0 Å². The molecule has 0 aliphatic carbocycles. The van der Waals surface area contributed by atoms with E-state index in [0.717, 1.165) is 0 Å². The lowest BCUT2D eigenvalue weighted by molar-refractivity contribution is -0.164. The highest BCUT2D eigenvalue weighted by atomic mass is 16.5. The van der Waals surface area contributed by atoms with E-state index in [1.807, 2.05) is 0 Å². The summed E-state index contributed by atoms with van der Waals surface area (Å²) in [5.41, 5.74) is -1.26. The third kappa shape index (κ3) is 2.45. The average Bonchev–Trinajstić information content (AvgIpc) is 2.15. The Balaban J connectivity index is 4.89. The minimum atomic E-state index is -1.26. The second kappa shape index (κ2) is 4.95. The molecule has 0 aromatic carbocycles. The van der Waals surface area contributed by atoms with Crippen molar-refractivity contribution in [1.29, 1.82) is 0 Å². The van der Waals surface area contributed by atoms with Gasteiger partial charge in [-0.15, -0.1) is 0 Å². The van der Waals surface area contributed by atoms with Gasteiger partial charge in [0.25, 0.3) is 0 Å². The van der Waals surface area contributed by atoms with Gasteiger partial charge in [-0.25, -0.2) is 0 Å². The smallest absolute Gasteiger partial charge is 0.323 e. The first kappa shape index (κ1) is 12.9. The van der Waals surface area contributed by atoms with Crippen LogP contribution >= 0.6 is 0 Å². The van der Waals surface area contributed by atoms with E-state index in [0.29, 0.717) is 0 Å². The van der Waals surface area contributed by atoms with Crippen LogP contribution in [0.25, 0.3) is 0 Å². The van der Waals surface area contributed by atoms with Crippen LogP contribution in [0.5, 0.6) is 0 Å². The molecule has 0 aliphatic heterocycles. The van der Waals surface area contributed by atoms with E-state index < -0.39 is 11.4 Å². The molecule has 5 heteroatoms. The maximum Gasteiger partial charge on any atom is 0.323 e. The summed E-state index contributed by atoms with van der Waals surface area (Å²) in [5.74, 6) is -0.913. The number of carbonyl (C=O) groups excluding carboxylic acids is 2. The first-order valence-corrected chi connectivity index (χ1v) is 4.19. The molecule has 0 rings (SSSR count). The zero-order chi connectivity index (χ0) is 11.4. The van der Waals surface area contributed by atoms with Gasteiger partial charge in [0, 0.05) is 21.2 Å². The second-order valence-corrected chi connectivity index (χ2v) is 3.46. The first-order valence-electron chi connectivity index (χ1n) is 4.19. The zero-order valence-corrected chi connectivity index (χ0v) is 9.29. The molecule has 0 radical (unpaired) electrons. The van der Waals surface area contributed by atoms with Crippen LogP contribution in [0.1, 0.15) is 6.92 Å². The molecule has 5 nitrogen and oxygen atoms in total. The Bertz CT molecular complexity index is 227. The molecule has 1 atom stereocenters. The minimum absolute atomic E-state index is 0.0106. The van der Waals surface area contributed by atoms with Crippen molar-refractivity contribution in [1.82, 2.24) is 4.90 Å². The van der Waals surface area contributed by atoms with E-state index in [4.69, 9.17) is 4.74 Å². The van der Waals surface area contributed by atoms with Crippen LogP contribution in [0.4, 0.5) is 0 Å². The van der Waals surface area contributed by atoms with Crippen molar-refractivity contribution in [3.63, 3.8) is 0 Å². The number of rotatable bonds is 4. The largest absolute Gasteiger partial charge is 0.468 e.